The second-order valence-corrected chi connectivity index (χ2v) is 6.05. The summed E-state index contributed by atoms with van der Waals surface area (Å²) >= 11 is 1.84. The second-order valence-electron chi connectivity index (χ2n) is 4.57. The molecule has 0 spiro atoms. The molecule has 0 aliphatic heterocycles. The number of ether oxygens (including phenoxy) is 2. The number of benzene rings is 1. The van der Waals surface area contributed by atoms with Crippen LogP contribution >= 0.6 is 11.8 Å². The molecular formula is C15H25NO2S. The molecule has 0 bridgehead atoms. The molecule has 0 fully saturated rings. The summed E-state index contributed by atoms with van der Waals surface area (Å²) < 4.78 is 10.9. The van der Waals surface area contributed by atoms with E-state index >= 15 is 0 Å². The number of nitrogens with two attached hydrogens (primary N) is 1. The summed E-state index contributed by atoms with van der Waals surface area (Å²) in [5, 5.41) is 0.573. The average Bonchev–Trinajstić information content (AvgIpc) is 2.40. The van der Waals surface area contributed by atoms with Gasteiger partial charge in [0, 0.05) is 5.25 Å². The van der Waals surface area contributed by atoms with Crippen molar-refractivity contribution in [3.63, 3.8) is 0 Å². The van der Waals surface area contributed by atoms with Crippen LogP contribution in [0.2, 0.25) is 0 Å². The molecule has 108 valence electrons. The van der Waals surface area contributed by atoms with Crippen molar-refractivity contribution in [2.75, 3.05) is 20.8 Å². The molecule has 19 heavy (non-hydrogen) atoms. The molecule has 0 aliphatic carbocycles. The summed E-state index contributed by atoms with van der Waals surface area (Å²) in [6.07, 6.45) is 3.19. The van der Waals surface area contributed by atoms with Gasteiger partial charge < -0.3 is 15.2 Å². The third-order valence-electron chi connectivity index (χ3n) is 3.00. The third-order valence-corrected chi connectivity index (χ3v) is 4.21. The Balaban J connectivity index is 3.02. The normalized spacial score (nSPS) is 12.3. The van der Waals surface area contributed by atoms with Crippen LogP contribution in [-0.2, 0) is 6.42 Å². The summed E-state index contributed by atoms with van der Waals surface area (Å²) in [5.74, 6) is 1.81. The second kappa shape index (κ2) is 8.33. The van der Waals surface area contributed by atoms with Gasteiger partial charge in [-0.15, -0.1) is 11.8 Å². The first-order chi connectivity index (χ1) is 9.15. The summed E-state index contributed by atoms with van der Waals surface area (Å²) in [6, 6.07) is 4.12. The largest absolute Gasteiger partial charge is 0.496 e. The Kier molecular flexibility index (Phi) is 7.10. The first-order valence-electron chi connectivity index (χ1n) is 6.77. The van der Waals surface area contributed by atoms with Gasteiger partial charge in [-0.2, -0.15) is 0 Å². The quantitative estimate of drug-likeness (QED) is 0.742. The molecule has 1 aromatic carbocycles. The molecule has 4 heteroatoms. The van der Waals surface area contributed by atoms with Crippen molar-refractivity contribution in [1.82, 2.24) is 0 Å². The smallest absolute Gasteiger partial charge is 0.132 e. The molecule has 1 atom stereocenters. The zero-order chi connectivity index (χ0) is 14.3. The van der Waals surface area contributed by atoms with Crippen LogP contribution in [0.3, 0.4) is 0 Å². The van der Waals surface area contributed by atoms with E-state index in [0.29, 0.717) is 11.8 Å². The van der Waals surface area contributed by atoms with E-state index in [9.17, 15) is 0 Å². The van der Waals surface area contributed by atoms with Gasteiger partial charge in [-0.1, -0.05) is 20.3 Å². The van der Waals surface area contributed by atoms with E-state index in [2.05, 4.69) is 19.9 Å². The molecule has 0 amide bonds. The van der Waals surface area contributed by atoms with Crippen LogP contribution in [0.5, 0.6) is 11.5 Å². The van der Waals surface area contributed by atoms with Crippen LogP contribution in [0.25, 0.3) is 0 Å². The van der Waals surface area contributed by atoms with Gasteiger partial charge in [0.05, 0.1) is 19.1 Å². The van der Waals surface area contributed by atoms with E-state index in [0.717, 1.165) is 28.4 Å². The Morgan fingerprint density at radius 3 is 2.42 bits per heavy atom. The fourth-order valence-corrected chi connectivity index (χ4v) is 3.28. The van der Waals surface area contributed by atoms with Crippen LogP contribution in [0.1, 0.15) is 32.3 Å². The number of thioether (sulfide) groups is 1. The van der Waals surface area contributed by atoms with E-state index < -0.39 is 0 Å². The van der Waals surface area contributed by atoms with Crippen LogP contribution in [0.15, 0.2) is 17.0 Å². The Labute approximate surface area is 120 Å². The fraction of sp³-hybridized carbons (Fsp3) is 0.600. The maximum absolute atomic E-state index is 5.63. The predicted molar refractivity (Wildman–Crippen MR) is 82.5 cm³/mol. The highest BCUT2D eigenvalue weighted by Crippen LogP contribution is 2.38. The number of methoxy groups -OCH3 is 2. The molecule has 1 rings (SSSR count). The monoisotopic (exact) mass is 283 g/mol. The van der Waals surface area contributed by atoms with Crippen LogP contribution in [0.4, 0.5) is 0 Å². The molecule has 3 nitrogen and oxygen atoms in total. The van der Waals surface area contributed by atoms with Crippen LogP contribution < -0.4 is 15.2 Å². The minimum absolute atomic E-state index is 0.573. The molecule has 0 radical (unpaired) electrons. The Morgan fingerprint density at radius 2 is 1.89 bits per heavy atom. The summed E-state index contributed by atoms with van der Waals surface area (Å²) in [4.78, 5) is 1.14. The molecule has 0 heterocycles. The SMILES string of the molecule is CCCC(C)Sc1cc(OC)c(CCN)cc1OC. The van der Waals surface area contributed by atoms with E-state index in [1.165, 1.54) is 12.8 Å². The molecule has 1 aromatic rings. The van der Waals surface area contributed by atoms with Crippen molar-refractivity contribution in [1.29, 1.82) is 0 Å². The molecular weight excluding hydrogens is 258 g/mol. The summed E-state index contributed by atoms with van der Waals surface area (Å²) in [7, 11) is 3.41. The molecule has 0 aromatic heterocycles. The number of rotatable bonds is 8. The molecule has 2 N–H and O–H groups in total. The first-order valence-corrected chi connectivity index (χ1v) is 7.65. The van der Waals surface area contributed by atoms with Gasteiger partial charge >= 0.3 is 0 Å². The van der Waals surface area contributed by atoms with Gasteiger partial charge in [0.15, 0.2) is 0 Å². The highest BCUT2D eigenvalue weighted by Gasteiger charge is 2.13. The predicted octanol–water partition coefficient (Wildman–Crippen LogP) is 3.49. The average molecular weight is 283 g/mol. The lowest BCUT2D eigenvalue weighted by Crippen LogP contribution is -2.05. The highest BCUT2D eigenvalue weighted by atomic mass is 32.2. The van der Waals surface area contributed by atoms with Gasteiger partial charge in [-0.3, -0.25) is 0 Å². The van der Waals surface area contributed by atoms with Crippen molar-refractivity contribution in [3.05, 3.63) is 17.7 Å². The first kappa shape index (κ1) is 16.2. The van der Waals surface area contributed by atoms with Gasteiger partial charge in [0.1, 0.15) is 11.5 Å². The van der Waals surface area contributed by atoms with Crippen molar-refractivity contribution in [3.8, 4) is 11.5 Å². The molecule has 0 aliphatic rings. The zero-order valence-corrected chi connectivity index (χ0v) is 13.2. The van der Waals surface area contributed by atoms with E-state index in [-0.39, 0.29) is 0 Å². The Bertz CT molecular complexity index is 396. The summed E-state index contributed by atoms with van der Waals surface area (Å²) in [5.41, 5.74) is 6.74. The number of hydrogen-bond donors (Lipinski definition) is 1. The highest BCUT2D eigenvalue weighted by molar-refractivity contribution is 8.00. The van der Waals surface area contributed by atoms with Crippen LogP contribution in [-0.4, -0.2) is 26.0 Å². The molecule has 0 saturated carbocycles. The maximum Gasteiger partial charge on any atom is 0.132 e. The van der Waals surface area contributed by atoms with E-state index in [1.54, 1.807) is 14.2 Å². The lowest BCUT2D eigenvalue weighted by molar-refractivity contribution is 0.390. The van der Waals surface area contributed by atoms with Gasteiger partial charge in [-0.05, 0) is 37.1 Å². The van der Waals surface area contributed by atoms with Crippen molar-refractivity contribution in [2.24, 2.45) is 5.73 Å². The lowest BCUT2D eigenvalue weighted by Gasteiger charge is -2.16. The van der Waals surface area contributed by atoms with Gasteiger partial charge in [-0.25, -0.2) is 0 Å². The van der Waals surface area contributed by atoms with E-state index in [4.69, 9.17) is 15.2 Å². The van der Waals surface area contributed by atoms with Crippen molar-refractivity contribution in [2.45, 2.75) is 43.3 Å². The Hall–Kier alpha value is -0.870. The molecule has 1 unspecified atom stereocenters. The van der Waals surface area contributed by atoms with E-state index in [1.807, 2.05) is 17.8 Å². The topological polar surface area (TPSA) is 44.5 Å². The Morgan fingerprint density at radius 1 is 1.21 bits per heavy atom. The molecule has 0 saturated heterocycles. The van der Waals surface area contributed by atoms with Gasteiger partial charge in [0.25, 0.3) is 0 Å². The summed E-state index contributed by atoms with van der Waals surface area (Å²) in [6.45, 7) is 5.06. The third kappa shape index (κ3) is 4.62. The minimum Gasteiger partial charge on any atom is -0.496 e. The number of hydrogen-bond acceptors (Lipinski definition) is 4. The minimum atomic E-state index is 0.573. The maximum atomic E-state index is 5.63. The zero-order valence-electron chi connectivity index (χ0n) is 12.4. The van der Waals surface area contributed by atoms with Crippen LogP contribution in [0, 0.1) is 0 Å². The standard InChI is InChI=1S/C15H25NO2S/c1-5-6-11(2)19-15-10-13(17-3)12(7-8-16)9-14(15)18-4/h9-11H,5-8,16H2,1-4H3. The fourth-order valence-electron chi connectivity index (χ4n) is 2.06. The van der Waals surface area contributed by atoms with Gasteiger partial charge in [0.2, 0.25) is 0 Å². The van der Waals surface area contributed by atoms with Crippen molar-refractivity contribution < 1.29 is 9.47 Å². The van der Waals surface area contributed by atoms with Crippen molar-refractivity contribution >= 4 is 11.8 Å². The lowest BCUT2D eigenvalue weighted by atomic mass is 10.1.